The molecule has 1 aromatic carbocycles. The van der Waals surface area contributed by atoms with Crippen LogP contribution in [-0.4, -0.2) is 65.0 Å². The second-order valence-electron chi connectivity index (χ2n) is 9.79. The molecule has 6 rings (SSSR count). The highest BCUT2D eigenvalue weighted by Gasteiger charge is 2.52. The van der Waals surface area contributed by atoms with E-state index < -0.39 is 0 Å². The second kappa shape index (κ2) is 10.5. The van der Waals surface area contributed by atoms with E-state index in [9.17, 15) is 0 Å². The minimum absolute atomic E-state index is 0. The van der Waals surface area contributed by atoms with Gasteiger partial charge in [-0.15, -0.1) is 24.8 Å². The Morgan fingerprint density at radius 3 is 2.64 bits per heavy atom. The zero-order chi connectivity index (χ0) is 20.1. The Labute approximate surface area is 209 Å². The van der Waals surface area contributed by atoms with Gasteiger partial charge >= 0.3 is 0 Å². The van der Waals surface area contributed by atoms with Crippen LogP contribution in [0.1, 0.15) is 62.7 Å². The molecule has 1 aromatic heterocycles. The molecule has 6 nitrogen and oxygen atoms in total. The van der Waals surface area contributed by atoms with Gasteiger partial charge in [-0.2, -0.15) is 0 Å². The quantitative estimate of drug-likeness (QED) is 0.454. The van der Waals surface area contributed by atoms with E-state index >= 15 is 0 Å². The molecule has 184 valence electrons. The van der Waals surface area contributed by atoms with Crippen molar-refractivity contribution in [1.82, 2.24) is 14.4 Å². The molecule has 2 aromatic rings. The van der Waals surface area contributed by atoms with Crippen molar-refractivity contribution in [1.29, 1.82) is 0 Å². The molecule has 0 amide bonds. The van der Waals surface area contributed by atoms with Gasteiger partial charge in [-0.1, -0.05) is 30.3 Å². The monoisotopic (exact) mass is 496 g/mol. The molecule has 5 heterocycles. The van der Waals surface area contributed by atoms with Crippen molar-refractivity contribution in [3.05, 3.63) is 35.5 Å². The van der Waals surface area contributed by atoms with E-state index in [-0.39, 0.29) is 30.3 Å². The van der Waals surface area contributed by atoms with E-state index in [1.54, 1.807) is 5.56 Å². The number of benzene rings is 1. The highest BCUT2D eigenvalue weighted by atomic mass is 35.5. The number of hydrogen-bond donors (Lipinski definition) is 0. The fourth-order valence-electron chi connectivity index (χ4n) is 6.84. The molecule has 0 radical (unpaired) electrons. The third-order valence-electron chi connectivity index (χ3n) is 8.33. The van der Waals surface area contributed by atoms with E-state index in [0.717, 1.165) is 25.2 Å². The van der Waals surface area contributed by atoms with Crippen LogP contribution >= 0.6 is 24.8 Å². The standard InChI is InChI=1S/C25H34N4O.2ClH.H2O/c1-2-25-11-7-14-28-15-10-20-19-8-3-4-9-21(19)29(23(20)24(25)28)22(18-25)26-30-17-16-27-12-5-6-13-27;;;/h3-4,8-9,24H,2,5-7,10-18H2,1H3;2*1H;1H2/t24-,25+;;;/m1.../s1. The van der Waals surface area contributed by atoms with E-state index in [1.165, 1.54) is 74.9 Å². The van der Waals surface area contributed by atoms with Gasteiger partial charge in [0.2, 0.25) is 0 Å². The van der Waals surface area contributed by atoms with Crippen LogP contribution in [0.4, 0.5) is 0 Å². The summed E-state index contributed by atoms with van der Waals surface area (Å²) in [4.78, 5) is 11.2. The van der Waals surface area contributed by atoms with Gasteiger partial charge in [0, 0.05) is 30.6 Å². The van der Waals surface area contributed by atoms with E-state index in [0.29, 0.717) is 18.1 Å². The number of aromatic nitrogens is 1. The lowest BCUT2D eigenvalue weighted by Gasteiger charge is -2.55. The summed E-state index contributed by atoms with van der Waals surface area (Å²) in [7, 11) is 0. The first-order chi connectivity index (χ1) is 14.8. The zero-order valence-electron chi connectivity index (χ0n) is 19.6. The van der Waals surface area contributed by atoms with Crippen LogP contribution in [-0.2, 0) is 11.3 Å². The van der Waals surface area contributed by atoms with Crippen molar-refractivity contribution < 1.29 is 10.3 Å². The molecule has 2 saturated heterocycles. The number of hydrogen-bond acceptors (Lipinski definition) is 4. The molecule has 0 bridgehead atoms. The Balaban J connectivity index is 0.00000102. The number of para-hydroxylation sites is 1. The van der Waals surface area contributed by atoms with Crippen LogP contribution < -0.4 is 0 Å². The number of fused-ring (bicyclic) bond motifs is 3. The van der Waals surface area contributed by atoms with Gasteiger partial charge in [0.1, 0.15) is 6.61 Å². The Hall–Kier alpha value is -1.31. The first kappa shape index (κ1) is 26.3. The Bertz CT molecular complexity index is 988. The van der Waals surface area contributed by atoms with Crippen LogP contribution in [0.3, 0.4) is 0 Å². The van der Waals surface area contributed by atoms with Crippen molar-refractivity contribution in [3.63, 3.8) is 0 Å². The number of halogens is 2. The normalized spacial score (nSPS) is 27.4. The number of piperidine rings is 1. The van der Waals surface area contributed by atoms with Crippen LogP contribution in [0.2, 0.25) is 0 Å². The minimum atomic E-state index is 0. The molecule has 2 atom stereocenters. The first-order valence-electron chi connectivity index (χ1n) is 12.1. The van der Waals surface area contributed by atoms with Crippen molar-refractivity contribution >= 4 is 41.6 Å². The summed E-state index contributed by atoms with van der Waals surface area (Å²) in [5, 5.41) is 6.24. The van der Waals surface area contributed by atoms with Crippen molar-refractivity contribution in [2.75, 3.05) is 39.3 Å². The summed E-state index contributed by atoms with van der Waals surface area (Å²) in [6.07, 6.45) is 8.66. The molecule has 0 saturated carbocycles. The zero-order valence-corrected chi connectivity index (χ0v) is 21.2. The number of nitrogens with zero attached hydrogens (tertiary/aromatic N) is 4. The van der Waals surface area contributed by atoms with Crippen LogP contribution in [0.15, 0.2) is 29.4 Å². The van der Waals surface area contributed by atoms with E-state index in [2.05, 4.69) is 45.6 Å². The Kier molecular flexibility index (Phi) is 8.39. The topological polar surface area (TPSA) is 64.5 Å². The molecule has 2 N–H and O–H groups in total. The predicted molar refractivity (Wildman–Crippen MR) is 139 cm³/mol. The number of rotatable bonds is 5. The second-order valence-corrected chi connectivity index (χ2v) is 9.79. The maximum absolute atomic E-state index is 5.98. The highest BCUT2D eigenvalue weighted by Crippen LogP contribution is 2.57. The van der Waals surface area contributed by atoms with Crippen molar-refractivity contribution in [2.24, 2.45) is 10.6 Å². The molecule has 0 spiro atoms. The average molecular weight is 498 g/mol. The largest absolute Gasteiger partial charge is 0.412 e. The number of likely N-dealkylation sites (tertiary alicyclic amines) is 1. The molecule has 0 unspecified atom stereocenters. The fraction of sp³-hybridized carbons (Fsp3) is 0.640. The summed E-state index contributed by atoms with van der Waals surface area (Å²) in [6.45, 7) is 8.95. The van der Waals surface area contributed by atoms with E-state index in [1.807, 2.05) is 0 Å². The molecular weight excluding hydrogens is 459 g/mol. The van der Waals surface area contributed by atoms with Gasteiger partial charge < -0.3 is 10.3 Å². The maximum atomic E-state index is 5.98. The van der Waals surface area contributed by atoms with Crippen LogP contribution in [0.25, 0.3) is 10.9 Å². The summed E-state index contributed by atoms with van der Waals surface area (Å²) in [5.74, 6) is 1.13. The lowest BCUT2D eigenvalue weighted by atomic mass is 9.64. The molecule has 33 heavy (non-hydrogen) atoms. The molecule has 0 aliphatic carbocycles. The van der Waals surface area contributed by atoms with Gasteiger partial charge in [-0.25, -0.2) is 0 Å². The van der Waals surface area contributed by atoms with Crippen molar-refractivity contribution in [2.45, 2.75) is 57.9 Å². The minimum Gasteiger partial charge on any atom is -0.412 e. The van der Waals surface area contributed by atoms with E-state index in [4.69, 9.17) is 9.99 Å². The first-order valence-corrected chi connectivity index (χ1v) is 12.1. The summed E-state index contributed by atoms with van der Waals surface area (Å²) in [5.41, 5.74) is 4.71. The Morgan fingerprint density at radius 1 is 1.06 bits per heavy atom. The molecular formula is C25H38Cl2N4O2. The average Bonchev–Trinajstić information content (AvgIpc) is 3.42. The fourth-order valence-corrected chi connectivity index (χ4v) is 6.84. The lowest BCUT2D eigenvalue weighted by molar-refractivity contribution is -0.00494. The summed E-state index contributed by atoms with van der Waals surface area (Å²) < 4.78 is 2.48. The van der Waals surface area contributed by atoms with Gasteiger partial charge in [0.25, 0.3) is 0 Å². The summed E-state index contributed by atoms with van der Waals surface area (Å²) in [6, 6.07) is 9.49. The van der Waals surface area contributed by atoms with Gasteiger partial charge in [-0.3, -0.25) is 14.4 Å². The molecule has 4 aliphatic rings. The lowest BCUT2D eigenvalue weighted by Crippen LogP contribution is -2.53. The molecule has 4 aliphatic heterocycles. The number of oxime groups is 1. The smallest absolute Gasteiger partial charge is 0.153 e. The maximum Gasteiger partial charge on any atom is 0.153 e. The SMILES string of the molecule is CC[C@]12CCCN3CCc4c(n(c5ccccc45)C(=NOCCN4CCCC4)C1)[C@@H]32.Cl.Cl.O. The molecule has 8 heteroatoms. The van der Waals surface area contributed by atoms with Gasteiger partial charge in [0.15, 0.2) is 5.84 Å². The van der Waals surface area contributed by atoms with Crippen LogP contribution in [0.5, 0.6) is 0 Å². The van der Waals surface area contributed by atoms with Gasteiger partial charge in [-0.05, 0) is 75.2 Å². The third-order valence-corrected chi connectivity index (χ3v) is 8.33. The third kappa shape index (κ3) is 4.19. The highest BCUT2D eigenvalue weighted by molar-refractivity contribution is 6.00. The van der Waals surface area contributed by atoms with Crippen LogP contribution in [0, 0.1) is 5.41 Å². The predicted octanol–water partition coefficient (Wildman–Crippen LogP) is 4.43. The van der Waals surface area contributed by atoms with Gasteiger partial charge in [0.05, 0.1) is 11.6 Å². The molecule has 2 fully saturated rings. The summed E-state index contributed by atoms with van der Waals surface area (Å²) >= 11 is 0. The Morgan fingerprint density at radius 2 is 1.85 bits per heavy atom. The van der Waals surface area contributed by atoms with Crippen molar-refractivity contribution in [3.8, 4) is 0 Å².